The first-order valence-electron chi connectivity index (χ1n) is 7.84. The van der Waals surface area contributed by atoms with E-state index < -0.39 is 17.8 Å². The predicted molar refractivity (Wildman–Crippen MR) is 89.1 cm³/mol. The second-order valence-electron chi connectivity index (χ2n) is 5.80. The molecule has 6 nitrogen and oxygen atoms in total. The summed E-state index contributed by atoms with van der Waals surface area (Å²) in [6, 6.07) is 13.7. The molecule has 1 heterocycles. The average Bonchev–Trinajstić information content (AvgIpc) is 2.87. The Morgan fingerprint density at radius 3 is 2.28 bits per heavy atom. The number of nitrogens with zero attached hydrogens (tertiary/aromatic N) is 1. The molecular weight excluding hydrogens is 322 g/mol. The maximum atomic E-state index is 12.2. The van der Waals surface area contributed by atoms with E-state index in [0.717, 1.165) is 5.56 Å². The smallest absolute Gasteiger partial charge is 0.333 e. The summed E-state index contributed by atoms with van der Waals surface area (Å²) >= 11 is 0. The molecule has 0 saturated heterocycles. The van der Waals surface area contributed by atoms with Crippen LogP contribution in [-0.4, -0.2) is 30.0 Å². The molecule has 2 aromatic rings. The Hall–Kier alpha value is -3.15. The number of hydrogen-bond acceptors (Lipinski definition) is 5. The average molecular weight is 339 g/mol. The predicted octanol–water partition coefficient (Wildman–Crippen LogP) is 2.94. The molecule has 25 heavy (non-hydrogen) atoms. The van der Waals surface area contributed by atoms with Gasteiger partial charge in [0.2, 0.25) is 0 Å². The van der Waals surface area contributed by atoms with Crippen LogP contribution in [0.15, 0.2) is 48.5 Å². The quantitative estimate of drug-likeness (QED) is 0.783. The third-order valence-corrected chi connectivity index (χ3v) is 4.09. The van der Waals surface area contributed by atoms with Crippen LogP contribution in [0.4, 0.5) is 0 Å². The van der Waals surface area contributed by atoms with Crippen molar-refractivity contribution < 1.29 is 24.0 Å². The SMILES string of the molecule is COc1cccc(C(C)CC(=O)ON2C(=O)c3ccccc3C2=O)c1. The molecule has 6 heteroatoms. The summed E-state index contributed by atoms with van der Waals surface area (Å²) in [5.41, 5.74) is 1.38. The fourth-order valence-electron chi connectivity index (χ4n) is 2.71. The van der Waals surface area contributed by atoms with Crippen molar-refractivity contribution in [3.05, 3.63) is 65.2 Å². The Morgan fingerprint density at radius 1 is 1.04 bits per heavy atom. The third-order valence-electron chi connectivity index (χ3n) is 4.09. The van der Waals surface area contributed by atoms with Crippen LogP contribution in [0.2, 0.25) is 0 Å². The van der Waals surface area contributed by atoms with Gasteiger partial charge in [0.1, 0.15) is 5.75 Å². The second kappa shape index (κ2) is 6.76. The second-order valence-corrected chi connectivity index (χ2v) is 5.80. The molecule has 0 saturated carbocycles. The number of rotatable bonds is 5. The van der Waals surface area contributed by atoms with Crippen molar-refractivity contribution in [1.82, 2.24) is 5.06 Å². The van der Waals surface area contributed by atoms with E-state index in [4.69, 9.17) is 9.57 Å². The molecule has 0 radical (unpaired) electrons. The van der Waals surface area contributed by atoms with Crippen molar-refractivity contribution in [3.8, 4) is 5.75 Å². The number of amides is 2. The Morgan fingerprint density at radius 2 is 1.68 bits per heavy atom. The Kier molecular flexibility index (Phi) is 4.52. The molecule has 0 N–H and O–H groups in total. The molecular formula is C19H17NO5. The molecule has 128 valence electrons. The molecule has 1 aliphatic rings. The number of benzene rings is 2. The van der Waals surface area contributed by atoms with Crippen LogP contribution >= 0.6 is 0 Å². The van der Waals surface area contributed by atoms with Gasteiger partial charge >= 0.3 is 5.97 Å². The van der Waals surface area contributed by atoms with Crippen molar-refractivity contribution in [3.63, 3.8) is 0 Å². The van der Waals surface area contributed by atoms with E-state index in [1.54, 1.807) is 19.2 Å². The van der Waals surface area contributed by atoms with Gasteiger partial charge in [0, 0.05) is 0 Å². The highest BCUT2D eigenvalue weighted by Crippen LogP contribution is 2.26. The number of ether oxygens (including phenoxy) is 1. The van der Waals surface area contributed by atoms with E-state index in [1.807, 2.05) is 31.2 Å². The molecule has 0 bridgehead atoms. The van der Waals surface area contributed by atoms with Crippen molar-refractivity contribution in [2.45, 2.75) is 19.3 Å². The van der Waals surface area contributed by atoms with Gasteiger partial charge in [-0.25, -0.2) is 4.79 Å². The summed E-state index contributed by atoms with van der Waals surface area (Å²) in [5, 5.41) is 0.533. The van der Waals surface area contributed by atoms with Gasteiger partial charge in [-0.2, -0.15) is 0 Å². The van der Waals surface area contributed by atoms with Crippen molar-refractivity contribution in [2.75, 3.05) is 7.11 Å². The van der Waals surface area contributed by atoms with Gasteiger partial charge in [0.05, 0.1) is 24.7 Å². The molecule has 2 amide bonds. The van der Waals surface area contributed by atoms with Gasteiger partial charge in [0.15, 0.2) is 0 Å². The topological polar surface area (TPSA) is 72.9 Å². The van der Waals surface area contributed by atoms with Crippen molar-refractivity contribution in [1.29, 1.82) is 0 Å². The first-order chi connectivity index (χ1) is 12.0. The summed E-state index contributed by atoms with van der Waals surface area (Å²) in [6.45, 7) is 1.86. The van der Waals surface area contributed by atoms with E-state index in [9.17, 15) is 14.4 Å². The minimum Gasteiger partial charge on any atom is -0.497 e. The van der Waals surface area contributed by atoms with E-state index in [1.165, 1.54) is 12.1 Å². The summed E-state index contributed by atoms with van der Waals surface area (Å²) < 4.78 is 5.17. The molecule has 0 spiro atoms. The number of fused-ring (bicyclic) bond motifs is 1. The molecule has 0 aliphatic carbocycles. The fraction of sp³-hybridized carbons (Fsp3) is 0.211. The molecule has 0 fully saturated rings. The maximum absolute atomic E-state index is 12.2. The van der Waals surface area contributed by atoms with Gasteiger partial charge in [-0.1, -0.05) is 36.3 Å². The van der Waals surface area contributed by atoms with E-state index in [-0.39, 0.29) is 23.5 Å². The maximum Gasteiger partial charge on any atom is 0.333 e. The van der Waals surface area contributed by atoms with Crippen LogP contribution in [0.1, 0.15) is 45.5 Å². The van der Waals surface area contributed by atoms with Crippen molar-refractivity contribution >= 4 is 17.8 Å². The zero-order valence-electron chi connectivity index (χ0n) is 13.9. The van der Waals surface area contributed by atoms with Crippen LogP contribution < -0.4 is 4.74 Å². The minimum atomic E-state index is -0.648. The minimum absolute atomic E-state index is 0.0283. The van der Waals surface area contributed by atoms with Crippen LogP contribution in [0.3, 0.4) is 0 Å². The summed E-state index contributed by atoms with van der Waals surface area (Å²) in [7, 11) is 1.57. The zero-order valence-corrected chi connectivity index (χ0v) is 13.9. The zero-order chi connectivity index (χ0) is 18.0. The molecule has 1 aliphatic heterocycles. The molecule has 0 aromatic heterocycles. The van der Waals surface area contributed by atoms with Crippen molar-refractivity contribution in [2.24, 2.45) is 0 Å². The van der Waals surface area contributed by atoms with Gasteiger partial charge < -0.3 is 9.57 Å². The monoisotopic (exact) mass is 339 g/mol. The van der Waals surface area contributed by atoms with Crippen LogP contribution in [-0.2, 0) is 9.63 Å². The fourth-order valence-corrected chi connectivity index (χ4v) is 2.71. The summed E-state index contributed by atoms with van der Waals surface area (Å²) in [4.78, 5) is 41.6. The van der Waals surface area contributed by atoms with Crippen LogP contribution in [0, 0.1) is 0 Å². The van der Waals surface area contributed by atoms with Crippen LogP contribution in [0.25, 0.3) is 0 Å². The highest BCUT2D eigenvalue weighted by molar-refractivity contribution is 6.20. The lowest BCUT2D eigenvalue weighted by Gasteiger charge is -2.16. The first-order valence-corrected chi connectivity index (χ1v) is 7.84. The van der Waals surface area contributed by atoms with Gasteiger partial charge in [-0.15, -0.1) is 0 Å². The Balaban J connectivity index is 1.67. The normalized spacial score (nSPS) is 14.2. The summed E-state index contributed by atoms with van der Waals surface area (Å²) in [6.07, 6.45) is 0.0283. The number of carbonyl (C=O) groups excluding carboxylic acids is 3. The van der Waals surface area contributed by atoms with Gasteiger partial charge in [-0.05, 0) is 35.7 Å². The first kappa shape index (κ1) is 16.7. The lowest BCUT2D eigenvalue weighted by Crippen LogP contribution is -2.33. The molecule has 1 atom stereocenters. The van der Waals surface area contributed by atoms with E-state index >= 15 is 0 Å². The summed E-state index contributed by atoms with van der Waals surface area (Å²) in [5.74, 6) is -1.35. The van der Waals surface area contributed by atoms with E-state index in [0.29, 0.717) is 10.8 Å². The lowest BCUT2D eigenvalue weighted by atomic mass is 9.98. The molecule has 1 unspecified atom stereocenters. The number of imide groups is 1. The highest BCUT2D eigenvalue weighted by atomic mass is 16.7. The number of methoxy groups -OCH3 is 1. The number of hydrogen-bond donors (Lipinski definition) is 0. The number of hydroxylamine groups is 2. The van der Waals surface area contributed by atoms with Crippen LogP contribution in [0.5, 0.6) is 5.75 Å². The lowest BCUT2D eigenvalue weighted by molar-refractivity contribution is -0.168. The third kappa shape index (κ3) is 3.24. The highest BCUT2D eigenvalue weighted by Gasteiger charge is 2.38. The van der Waals surface area contributed by atoms with Gasteiger partial charge in [0.25, 0.3) is 11.8 Å². The standard InChI is InChI=1S/C19H17NO5/c1-12(13-6-5-7-14(11-13)24-2)10-17(21)25-20-18(22)15-8-3-4-9-16(15)19(20)23/h3-9,11-12H,10H2,1-2H3. The molecule has 2 aromatic carbocycles. The Labute approximate surface area is 144 Å². The Bertz CT molecular complexity index is 810. The van der Waals surface area contributed by atoms with E-state index in [2.05, 4.69) is 0 Å². The number of carbonyl (C=O) groups is 3. The largest absolute Gasteiger partial charge is 0.497 e. The van der Waals surface area contributed by atoms with Gasteiger partial charge in [-0.3, -0.25) is 9.59 Å². The molecule has 3 rings (SSSR count).